The van der Waals surface area contributed by atoms with Crippen LogP contribution in [-0.4, -0.2) is 19.9 Å². The summed E-state index contributed by atoms with van der Waals surface area (Å²) in [6.07, 6.45) is 7.33. The van der Waals surface area contributed by atoms with Gasteiger partial charge in [-0.25, -0.2) is 0 Å². The molecule has 1 nitrogen and oxygen atoms in total. The summed E-state index contributed by atoms with van der Waals surface area (Å²) in [7, 11) is -0.990. The van der Waals surface area contributed by atoms with E-state index in [1.807, 2.05) is 0 Å². The van der Waals surface area contributed by atoms with E-state index in [9.17, 15) is 0 Å². The second-order valence-corrected chi connectivity index (χ2v) is 11.2. The molecule has 0 bridgehead atoms. The van der Waals surface area contributed by atoms with E-state index in [-0.39, 0.29) is 0 Å². The van der Waals surface area contributed by atoms with Gasteiger partial charge in [0.25, 0.3) is 0 Å². The predicted octanol–water partition coefficient (Wildman–Crippen LogP) is 3.21. The Bertz CT molecular complexity index is 245. The summed E-state index contributed by atoms with van der Waals surface area (Å²) in [5, 5.41) is 0.466. The van der Waals surface area contributed by atoms with Gasteiger partial charge in [-0.2, -0.15) is 0 Å². The zero-order valence-corrected chi connectivity index (χ0v) is 10.5. The largest absolute Gasteiger partial charge is 0.377 e. The molecule has 2 atom stereocenters. The number of hydrogen-bond donors (Lipinski definition) is 0. The van der Waals surface area contributed by atoms with E-state index >= 15 is 0 Å². The van der Waals surface area contributed by atoms with Crippen LogP contribution in [0.5, 0.6) is 0 Å². The lowest BCUT2D eigenvalue weighted by Crippen LogP contribution is -2.81. The third kappa shape index (κ3) is 0.942. The number of fused-ring (bicyclic) bond motifs is 1. The highest BCUT2D eigenvalue weighted by Crippen LogP contribution is 2.62. The lowest BCUT2D eigenvalue weighted by Gasteiger charge is -2.71. The highest BCUT2D eigenvalue weighted by molar-refractivity contribution is 6.83. The fourth-order valence-corrected chi connectivity index (χ4v) is 9.29. The van der Waals surface area contributed by atoms with Gasteiger partial charge in [0.05, 0.1) is 19.9 Å². The topological polar surface area (TPSA) is 9.23 Å². The molecule has 0 aromatic carbocycles. The van der Waals surface area contributed by atoms with E-state index in [2.05, 4.69) is 13.1 Å². The van der Waals surface area contributed by atoms with E-state index in [4.69, 9.17) is 4.74 Å². The van der Waals surface area contributed by atoms with Crippen LogP contribution in [0.25, 0.3) is 0 Å². The molecule has 1 aliphatic carbocycles. The standard InChI is InChI=1S/C12H22OSi/c1-14(2)9-11-8-13-12(11,14)10-6-4-3-5-7-10/h10-11H,3-9H2,1-2H3. The van der Waals surface area contributed by atoms with Gasteiger partial charge in [-0.3, -0.25) is 0 Å². The van der Waals surface area contributed by atoms with Crippen LogP contribution in [0.3, 0.4) is 0 Å². The minimum atomic E-state index is -0.990. The third-order valence-electron chi connectivity index (χ3n) is 5.16. The van der Waals surface area contributed by atoms with E-state index < -0.39 is 8.07 Å². The summed E-state index contributed by atoms with van der Waals surface area (Å²) < 4.78 is 6.13. The lowest BCUT2D eigenvalue weighted by molar-refractivity contribution is -0.208. The maximum absolute atomic E-state index is 6.13. The predicted molar refractivity (Wildman–Crippen MR) is 61.0 cm³/mol. The van der Waals surface area contributed by atoms with Gasteiger partial charge in [0.15, 0.2) is 0 Å². The van der Waals surface area contributed by atoms with Crippen LogP contribution < -0.4 is 0 Å². The van der Waals surface area contributed by atoms with Crippen molar-refractivity contribution < 1.29 is 4.74 Å². The molecule has 2 heterocycles. The normalized spacial score (nSPS) is 46.3. The Kier molecular flexibility index (Phi) is 1.92. The fraction of sp³-hybridized carbons (Fsp3) is 1.00. The van der Waals surface area contributed by atoms with Gasteiger partial charge in [0.2, 0.25) is 0 Å². The van der Waals surface area contributed by atoms with E-state index in [0.29, 0.717) is 5.22 Å². The molecule has 3 aliphatic rings. The molecule has 0 N–H and O–H groups in total. The van der Waals surface area contributed by atoms with Crippen molar-refractivity contribution in [1.29, 1.82) is 0 Å². The van der Waals surface area contributed by atoms with Crippen LogP contribution >= 0.6 is 0 Å². The van der Waals surface area contributed by atoms with Crippen molar-refractivity contribution in [3.63, 3.8) is 0 Å². The summed E-state index contributed by atoms with van der Waals surface area (Å²) in [5.74, 6) is 1.93. The Balaban J connectivity index is 1.81. The van der Waals surface area contributed by atoms with Crippen molar-refractivity contribution in [2.45, 2.75) is 56.5 Å². The number of hydrogen-bond acceptors (Lipinski definition) is 1. The average molecular weight is 210 g/mol. The van der Waals surface area contributed by atoms with Crippen molar-refractivity contribution in [3.8, 4) is 0 Å². The molecule has 0 amide bonds. The monoisotopic (exact) mass is 210 g/mol. The van der Waals surface area contributed by atoms with E-state index in [1.165, 1.54) is 32.1 Å². The minimum Gasteiger partial charge on any atom is -0.377 e. The molecule has 2 unspecified atom stereocenters. The molecule has 3 fully saturated rings. The molecule has 1 saturated carbocycles. The Morgan fingerprint density at radius 2 is 1.79 bits per heavy atom. The Labute approximate surface area is 88.2 Å². The smallest absolute Gasteiger partial charge is 0.0867 e. The summed E-state index contributed by atoms with van der Waals surface area (Å²) in [5.41, 5.74) is 0. The van der Waals surface area contributed by atoms with Crippen molar-refractivity contribution in [3.05, 3.63) is 0 Å². The summed E-state index contributed by atoms with van der Waals surface area (Å²) in [6, 6.07) is 1.55. The van der Waals surface area contributed by atoms with Gasteiger partial charge < -0.3 is 4.74 Å². The van der Waals surface area contributed by atoms with Gasteiger partial charge in [-0.15, -0.1) is 0 Å². The van der Waals surface area contributed by atoms with Crippen LogP contribution in [0.15, 0.2) is 0 Å². The molecule has 0 radical (unpaired) electrons. The lowest BCUT2D eigenvalue weighted by atomic mass is 9.77. The van der Waals surface area contributed by atoms with Crippen LogP contribution in [0.4, 0.5) is 0 Å². The molecule has 0 spiro atoms. The summed E-state index contributed by atoms with van der Waals surface area (Å²) in [4.78, 5) is 0. The Morgan fingerprint density at radius 3 is 2.21 bits per heavy atom. The number of rotatable bonds is 1. The zero-order chi connectivity index (χ0) is 9.81. The molecule has 2 aliphatic heterocycles. The van der Waals surface area contributed by atoms with Crippen LogP contribution in [0.1, 0.15) is 32.1 Å². The highest BCUT2D eigenvalue weighted by atomic mass is 28.3. The molecular weight excluding hydrogens is 188 g/mol. The zero-order valence-electron chi connectivity index (χ0n) is 9.51. The molecular formula is C12H22OSi. The van der Waals surface area contributed by atoms with Gasteiger partial charge in [-0.1, -0.05) is 32.4 Å². The molecule has 14 heavy (non-hydrogen) atoms. The van der Waals surface area contributed by atoms with Crippen LogP contribution in [-0.2, 0) is 4.74 Å². The average Bonchev–Trinajstić information content (AvgIpc) is 2.15. The fourth-order valence-electron chi connectivity index (χ4n) is 4.52. The van der Waals surface area contributed by atoms with Gasteiger partial charge in [0.1, 0.15) is 0 Å². The van der Waals surface area contributed by atoms with Crippen molar-refractivity contribution in [2.24, 2.45) is 11.8 Å². The van der Waals surface area contributed by atoms with Crippen LogP contribution in [0.2, 0.25) is 19.1 Å². The van der Waals surface area contributed by atoms with Gasteiger partial charge >= 0.3 is 0 Å². The molecule has 0 aromatic rings. The van der Waals surface area contributed by atoms with Gasteiger partial charge in [0, 0.05) is 5.92 Å². The first-order valence-electron chi connectivity index (χ1n) is 6.31. The first kappa shape index (κ1) is 9.41. The van der Waals surface area contributed by atoms with E-state index in [1.54, 1.807) is 6.04 Å². The molecule has 2 heteroatoms. The van der Waals surface area contributed by atoms with Crippen molar-refractivity contribution in [1.82, 2.24) is 0 Å². The Hall–Kier alpha value is 0.177. The van der Waals surface area contributed by atoms with Crippen LogP contribution in [0, 0.1) is 11.8 Å². The molecule has 0 aromatic heterocycles. The minimum absolute atomic E-state index is 0.466. The van der Waals surface area contributed by atoms with E-state index in [0.717, 1.165) is 18.4 Å². The van der Waals surface area contributed by atoms with Crippen molar-refractivity contribution in [2.75, 3.05) is 6.61 Å². The quantitative estimate of drug-likeness (QED) is 0.604. The second-order valence-electron chi connectivity index (χ2n) is 6.22. The maximum atomic E-state index is 6.13. The molecule has 3 rings (SSSR count). The molecule has 80 valence electrons. The summed E-state index contributed by atoms with van der Waals surface area (Å²) >= 11 is 0. The first-order valence-corrected chi connectivity index (χ1v) is 9.51. The third-order valence-corrected chi connectivity index (χ3v) is 9.75. The van der Waals surface area contributed by atoms with Gasteiger partial charge in [-0.05, 0) is 24.8 Å². The summed E-state index contributed by atoms with van der Waals surface area (Å²) in [6.45, 7) is 6.20. The SMILES string of the molecule is C[Si]1(C)CC2COC21C1CCCCC1. The van der Waals surface area contributed by atoms with Crippen molar-refractivity contribution >= 4 is 8.07 Å². The second kappa shape index (κ2) is 2.85. The Morgan fingerprint density at radius 1 is 1.07 bits per heavy atom. The first-order chi connectivity index (χ1) is 6.67. The number of ether oxygens (including phenoxy) is 1. The highest BCUT2D eigenvalue weighted by Gasteiger charge is 2.70. The molecule has 2 saturated heterocycles. The maximum Gasteiger partial charge on any atom is 0.0867 e.